The summed E-state index contributed by atoms with van der Waals surface area (Å²) in [7, 11) is 0.890. The van der Waals surface area contributed by atoms with Gasteiger partial charge in [-0.15, -0.1) is 0 Å². The van der Waals surface area contributed by atoms with E-state index in [1.807, 2.05) is 6.92 Å². The number of rotatable bonds is 2. The van der Waals surface area contributed by atoms with Crippen molar-refractivity contribution in [3.63, 3.8) is 0 Å². The molecule has 4 nitrogen and oxygen atoms in total. The Balaban J connectivity index is -0.000000125. The monoisotopic (exact) mass is 208 g/mol. The highest BCUT2D eigenvalue weighted by molar-refractivity contribution is 5.97. The summed E-state index contributed by atoms with van der Waals surface area (Å²) >= 11 is 0. The van der Waals surface area contributed by atoms with Gasteiger partial charge in [-0.1, -0.05) is 6.58 Å². The van der Waals surface area contributed by atoms with Crippen molar-refractivity contribution in [2.45, 2.75) is 20.8 Å². The molecule has 0 saturated heterocycles. The summed E-state index contributed by atoms with van der Waals surface area (Å²) < 4.78 is 4.68. The summed E-state index contributed by atoms with van der Waals surface area (Å²) in [5.41, 5.74) is 0.176. The number of aliphatic hydroxyl groups is 1. The van der Waals surface area contributed by atoms with Gasteiger partial charge < -0.3 is 14.6 Å². The lowest BCUT2D eigenvalue weighted by Crippen LogP contribution is -1.92. The Morgan fingerprint density at radius 2 is 1.69 bits per heavy atom. The van der Waals surface area contributed by atoms with Crippen molar-refractivity contribution in [3.8, 4) is 0 Å². The molecule has 0 heterocycles. The molecule has 0 aromatic heterocycles. The van der Waals surface area contributed by atoms with Crippen LogP contribution in [0.2, 0.25) is 0 Å². The van der Waals surface area contributed by atoms with Crippen molar-refractivity contribution in [2.75, 3.05) is 13.2 Å². The van der Waals surface area contributed by atoms with E-state index < -0.39 is 5.97 Å². The highest BCUT2D eigenvalue weighted by Gasteiger charge is 1.90. The van der Waals surface area contributed by atoms with E-state index in [-0.39, 0.29) is 12.2 Å². The second kappa shape index (κ2) is 17.4. The van der Waals surface area contributed by atoms with Gasteiger partial charge in [0.15, 0.2) is 0 Å². The molecule has 0 fully saturated rings. The first kappa shape index (κ1) is 18.2. The van der Waals surface area contributed by atoms with Gasteiger partial charge in [0.25, 0.3) is 0 Å². The first-order valence-corrected chi connectivity index (χ1v) is 4.78. The Kier molecular flexibility index (Phi) is 24.4. The van der Waals surface area contributed by atoms with E-state index in [1.165, 1.54) is 6.92 Å². The maximum atomic E-state index is 9.60. The van der Waals surface area contributed by atoms with Gasteiger partial charge in [-0.2, -0.15) is 0 Å². The number of aliphatic carboxylic acids is 1. The Hall–Kier alpha value is -0.653. The summed E-state index contributed by atoms with van der Waals surface area (Å²) in [4.78, 5) is 9.60. The van der Waals surface area contributed by atoms with Crippen molar-refractivity contribution in [1.29, 1.82) is 0 Å². The molecule has 0 aliphatic rings. The summed E-state index contributed by atoms with van der Waals surface area (Å²) in [6.07, 6.45) is 0. The molecule has 0 unspecified atom stereocenters. The van der Waals surface area contributed by atoms with Crippen LogP contribution in [-0.2, 0) is 9.22 Å². The highest BCUT2D eigenvalue weighted by atomic mass is 28.2. The fourth-order valence-electron chi connectivity index (χ4n) is 0. The minimum absolute atomic E-state index is 0.176. The van der Waals surface area contributed by atoms with Crippen LogP contribution in [0.5, 0.6) is 0 Å². The molecule has 0 aliphatic carbocycles. The average molecular weight is 208 g/mol. The first-order valence-electron chi connectivity index (χ1n) is 3.96. The van der Waals surface area contributed by atoms with Crippen molar-refractivity contribution in [2.24, 2.45) is 0 Å². The minimum atomic E-state index is -0.935. The third kappa shape index (κ3) is 52.5. The fourth-order valence-corrected chi connectivity index (χ4v) is 0. The molecule has 80 valence electrons. The van der Waals surface area contributed by atoms with Crippen molar-refractivity contribution < 1.29 is 19.4 Å². The van der Waals surface area contributed by atoms with Crippen LogP contribution in [0, 0.1) is 0 Å². The second-order valence-corrected chi connectivity index (χ2v) is 2.56. The quantitative estimate of drug-likeness (QED) is 0.493. The Bertz CT molecular complexity index is 111. The largest absolute Gasteiger partial charge is 0.478 e. The van der Waals surface area contributed by atoms with Crippen LogP contribution < -0.4 is 0 Å². The lowest BCUT2D eigenvalue weighted by atomic mass is 10.4. The molecule has 0 saturated carbocycles. The van der Waals surface area contributed by atoms with Crippen LogP contribution in [0.15, 0.2) is 12.2 Å². The number of carboxylic acids is 1. The zero-order chi connectivity index (χ0) is 11.3. The van der Waals surface area contributed by atoms with Gasteiger partial charge in [-0.3, -0.25) is 0 Å². The topological polar surface area (TPSA) is 66.8 Å². The Labute approximate surface area is 82.8 Å². The Morgan fingerprint density at radius 3 is 1.69 bits per heavy atom. The van der Waals surface area contributed by atoms with E-state index in [2.05, 4.69) is 11.0 Å². The molecular weight excluding hydrogens is 188 g/mol. The standard InChI is InChI=1S/C4H6O2.C2H8OSi.C2H6O/c1-3(2)4(5)6;1-2-3-4;1-2-3/h1H2,2H3,(H,5,6);2H2,1,4H3;3H,2H2,1H3. The molecule has 0 aromatic carbocycles. The SMILES string of the molecule is C=C(C)C(=O)O.CCO.CCO[SiH3]. The van der Waals surface area contributed by atoms with Gasteiger partial charge in [-0.05, 0) is 20.8 Å². The average Bonchev–Trinajstić information content (AvgIpc) is 2.06. The van der Waals surface area contributed by atoms with Gasteiger partial charge in [0.2, 0.25) is 0 Å². The van der Waals surface area contributed by atoms with Crippen LogP contribution in [0.4, 0.5) is 0 Å². The molecule has 0 radical (unpaired) electrons. The molecular formula is C8H20O4Si. The molecule has 0 atom stereocenters. The van der Waals surface area contributed by atoms with E-state index in [0.29, 0.717) is 0 Å². The maximum absolute atomic E-state index is 9.60. The van der Waals surface area contributed by atoms with Crippen LogP contribution in [0.25, 0.3) is 0 Å². The van der Waals surface area contributed by atoms with Gasteiger partial charge in [0, 0.05) is 18.8 Å². The molecule has 0 spiro atoms. The van der Waals surface area contributed by atoms with E-state index in [9.17, 15) is 4.79 Å². The van der Waals surface area contributed by atoms with Crippen LogP contribution >= 0.6 is 0 Å². The van der Waals surface area contributed by atoms with Crippen LogP contribution in [0.3, 0.4) is 0 Å². The molecule has 13 heavy (non-hydrogen) atoms. The summed E-state index contributed by atoms with van der Waals surface area (Å²) in [6.45, 7) is 9.41. The summed E-state index contributed by atoms with van der Waals surface area (Å²) in [5.74, 6) is -0.935. The molecule has 0 rings (SSSR count). The van der Waals surface area contributed by atoms with Crippen LogP contribution in [0.1, 0.15) is 20.8 Å². The normalized spacial score (nSPS) is 7.38. The minimum Gasteiger partial charge on any atom is -0.478 e. The third-order valence-corrected chi connectivity index (χ3v) is 1.23. The number of carboxylic acid groups (broad SMARTS) is 1. The van der Waals surface area contributed by atoms with Crippen molar-refractivity contribution >= 4 is 16.5 Å². The van der Waals surface area contributed by atoms with E-state index in [4.69, 9.17) is 10.2 Å². The first-order chi connectivity index (χ1) is 5.97. The fraction of sp³-hybridized carbons (Fsp3) is 0.625. The zero-order valence-electron chi connectivity index (χ0n) is 8.83. The molecule has 5 heteroatoms. The van der Waals surface area contributed by atoms with Gasteiger partial charge in [0.1, 0.15) is 10.5 Å². The third-order valence-electron chi connectivity index (χ3n) is 0.654. The van der Waals surface area contributed by atoms with E-state index in [1.54, 1.807) is 6.92 Å². The Morgan fingerprint density at radius 1 is 1.54 bits per heavy atom. The van der Waals surface area contributed by atoms with Crippen molar-refractivity contribution in [3.05, 3.63) is 12.2 Å². The number of hydrogen-bond donors (Lipinski definition) is 2. The predicted octanol–water partition coefficient (Wildman–Crippen LogP) is -0.0510. The van der Waals surface area contributed by atoms with Gasteiger partial charge >= 0.3 is 5.97 Å². The lowest BCUT2D eigenvalue weighted by Gasteiger charge is -1.79. The number of hydrogen-bond acceptors (Lipinski definition) is 3. The van der Waals surface area contributed by atoms with Crippen LogP contribution in [-0.4, -0.2) is 39.9 Å². The molecule has 0 aromatic rings. The number of carbonyl (C=O) groups is 1. The van der Waals surface area contributed by atoms with E-state index >= 15 is 0 Å². The second-order valence-electron chi connectivity index (χ2n) is 1.98. The summed E-state index contributed by atoms with van der Waals surface area (Å²) in [6, 6.07) is 0. The van der Waals surface area contributed by atoms with Gasteiger partial charge in [0.05, 0.1) is 0 Å². The van der Waals surface area contributed by atoms with Crippen molar-refractivity contribution in [1.82, 2.24) is 0 Å². The highest BCUT2D eigenvalue weighted by Crippen LogP contribution is 1.81. The maximum Gasteiger partial charge on any atom is 0.330 e. The van der Waals surface area contributed by atoms with E-state index in [0.717, 1.165) is 17.1 Å². The smallest absolute Gasteiger partial charge is 0.330 e. The molecule has 0 bridgehead atoms. The molecule has 0 amide bonds. The zero-order valence-corrected chi connectivity index (χ0v) is 10.8. The molecule has 2 N–H and O–H groups in total. The van der Waals surface area contributed by atoms with Gasteiger partial charge in [-0.25, -0.2) is 4.79 Å². The molecule has 0 aliphatic heterocycles. The number of aliphatic hydroxyl groups excluding tert-OH is 1. The lowest BCUT2D eigenvalue weighted by molar-refractivity contribution is -0.132. The summed E-state index contributed by atoms with van der Waals surface area (Å²) in [5, 5.41) is 15.5. The predicted molar refractivity (Wildman–Crippen MR) is 56.8 cm³/mol.